The first-order valence-electron chi connectivity index (χ1n) is 9.65. The Bertz CT molecular complexity index is 1140. The fourth-order valence-electron chi connectivity index (χ4n) is 2.64. The summed E-state index contributed by atoms with van der Waals surface area (Å²) < 4.78 is 6.20. The van der Waals surface area contributed by atoms with Gasteiger partial charge in [-0.05, 0) is 73.2 Å². The van der Waals surface area contributed by atoms with E-state index in [1.54, 1.807) is 66.7 Å². The van der Waals surface area contributed by atoms with Crippen LogP contribution in [0.5, 0.6) is 5.75 Å². The normalized spacial score (nSPS) is 10.6. The molecule has 0 radical (unpaired) electrons. The van der Waals surface area contributed by atoms with Crippen molar-refractivity contribution in [1.82, 2.24) is 10.7 Å². The maximum absolute atomic E-state index is 12.1. The van der Waals surface area contributed by atoms with Gasteiger partial charge in [0.05, 0.1) is 18.3 Å². The molecule has 162 valence electrons. The quantitative estimate of drug-likeness (QED) is 0.226. The summed E-state index contributed by atoms with van der Waals surface area (Å²) >= 11 is 3.32. The molecular formula is C24H20BrN3O4. The van der Waals surface area contributed by atoms with E-state index in [-0.39, 0.29) is 12.5 Å². The zero-order valence-corrected chi connectivity index (χ0v) is 18.8. The Kier molecular flexibility index (Phi) is 7.88. The molecule has 0 aromatic heterocycles. The second kappa shape index (κ2) is 11.0. The number of esters is 1. The second-order valence-electron chi connectivity index (χ2n) is 6.81. The number of benzene rings is 3. The van der Waals surface area contributed by atoms with Crippen molar-refractivity contribution >= 4 is 39.9 Å². The lowest BCUT2D eigenvalue weighted by Gasteiger charge is -2.05. The Labute approximate surface area is 193 Å². The molecule has 0 unspecified atom stereocenters. The lowest BCUT2D eigenvalue weighted by molar-refractivity contribution is -0.120. The van der Waals surface area contributed by atoms with Gasteiger partial charge in [0, 0.05) is 10.0 Å². The van der Waals surface area contributed by atoms with E-state index in [4.69, 9.17) is 4.74 Å². The highest BCUT2D eigenvalue weighted by Crippen LogP contribution is 2.15. The minimum atomic E-state index is -0.459. The largest absolute Gasteiger partial charge is 0.423 e. The van der Waals surface area contributed by atoms with Gasteiger partial charge in [-0.1, -0.05) is 33.6 Å². The number of nitrogens with zero attached hydrogens (tertiary/aromatic N) is 1. The molecule has 0 fully saturated rings. The molecule has 0 heterocycles. The van der Waals surface area contributed by atoms with Gasteiger partial charge in [-0.2, -0.15) is 5.10 Å². The standard InChI is InChI=1S/C24H20BrN3O4/c1-16-3-2-4-19(13-16)23(30)26-15-22(29)28-27-14-17-5-11-21(12-6-17)32-24(31)18-7-9-20(25)10-8-18/h2-14H,15H2,1H3,(H,26,30)(H,28,29). The molecule has 32 heavy (non-hydrogen) atoms. The van der Waals surface area contributed by atoms with E-state index in [9.17, 15) is 14.4 Å². The molecule has 2 N–H and O–H groups in total. The fraction of sp³-hybridized carbons (Fsp3) is 0.0833. The van der Waals surface area contributed by atoms with Crippen molar-refractivity contribution in [2.24, 2.45) is 5.10 Å². The van der Waals surface area contributed by atoms with Crippen molar-refractivity contribution in [3.05, 3.63) is 99.5 Å². The smallest absolute Gasteiger partial charge is 0.343 e. The van der Waals surface area contributed by atoms with Gasteiger partial charge in [0.2, 0.25) is 0 Å². The molecule has 0 saturated carbocycles. The SMILES string of the molecule is Cc1cccc(C(=O)NCC(=O)NN=Cc2ccc(OC(=O)c3ccc(Br)cc3)cc2)c1. The molecule has 0 aliphatic rings. The summed E-state index contributed by atoms with van der Waals surface area (Å²) in [4.78, 5) is 36.0. The Morgan fingerprint density at radius 2 is 1.69 bits per heavy atom. The molecule has 7 nitrogen and oxygen atoms in total. The number of ether oxygens (including phenoxy) is 1. The monoisotopic (exact) mass is 493 g/mol. The van der Waals surface area contributed by atoms with Crippen molar-refractivity contribution in [3.8, 4) is 5.75 Å². The third-order valence-electron chi connectivity index (χ3n) is 4.26. The fourth-order valence-corrected chi connectivity index (χ4v) is 2.91. The number of amides is 2. The van der Waals surface area contributed by atoms with Crippen LogP contribution in [-0.4, -0.2) is 30.5 Å². The summed E-state index contributed by atoms with van der Waals surface area (Å²) in [5.74, 6) is -0.861. The number of nitrogens with one attached hydrogen (secondary N) is 2. The highest BCUT2D eigenvalue weighted by molar-refractivity contribution is 9.10. The van der Waals surface area contributed by atoms with Crippen LogP contribution >= 0.6 is 15.9 Å². The highest BCUT2D eigenvalue weighted by Gasteiger charge is 2.09. The van der Waals surface area contributed by atoms with Crippen molar-refractivity contribution in [3.63, 3.8) is 0 Å². The summed E-state index contributed by atoms with van der Waals surface area (Å²) in [6.07, 6.45) is 1.45. The number of carbonyl (C=O) groups is 3. The third kappa shape index (κ3) is 6.88. The van der Waals surface area contributed by atoms with Gasteiger partial charge in [-0.25, -0.2) is 10.2 Å². The van der Waals surface area contributed by atoms with Crippen LogP contribution in [0.1, 0.15) is 31.8 Å². The summed E-state index contributed by atoms with van der Waals surface area (Å²) in [6, 6.07) is 20.6. The summed E-state index contributed by atoms with van der Waals surface area (Å²) in [7, 11) is 0. The maximum atomic E-state index is 12.1. The van der Waals surface area contributed by atoms with Crippen LogP contribution in [-0.2, 0) is 4.79 Å². The molecule has 0 aliphatic carbocycles. The van der Waals surface area contributed by atoms with E-state index in [2.05, 4.69) is 31.8 Å². The zero-order chi connectivity index (χ0) is 22.9. The Morgan fingerprint density at radius 1 is 0.969 bits per heavy atom. The summed E-state index contributed by atoms with van der Waals surface area (Å²) in [5, 5.41) is 6.41. The van der Waals surface area contributed by atoms with Gasteiger partial charge >= 0.3 is 5.97 Å². The molecule has 0 saturated heterocycles. The number of aryl methyl sites for hydroxylation is 1. The Balaban J connectivity index is 1.45. The average molecular weight is 494 g/mol. The van der Waals surface area contributed by atoms with Crippen LogP contribution in [0.3, 0.4) is 0 Å². The minimum absolute atomic E-state index is 0.199. The number of hydrogen-bond donors (Lipinski definition) is 2. The molecule has 0 spiro atoms. The molecule has 3 rings (SSSR count). The van der Waals surface area contributed by atoms with E-state index >= 15 is 0 Å². The highest BCUT2D eigenvalue weighted by atomic mass is 79.9. The van der Waals surface area contributed by atoms with Crippen molar-refractivity contribution in [2.45, 2.75) is 6.92 Å². The first-order chi connectivity index (χ1) is 15.4. The third-order valence-corrected chi connectivity index (χ3v) is 4.79. The molecule has 2 amide bonds. The van der Waals surface area contributed by atoms with Crippen LogP contribution in [0.25, 0.3) is 0 Å². The van der Waals surface area contributed by atoms with Crippen LogP contribution in [0.2, 0.25) is 0 Å². The number of carbonyl (C=O) groups excluding carboxylic acids is 3. The van der Waals surface area contributed by atoms with Crippen LogP contribution in [0, 0.1) is 6.92 Å². The lowest BCUT2D eigenvalue weighted by Crippen LogP contribution is -2.34. The first kappa shape index (κ1) is 22.9. The number of halogens is 1. The second-order valence-corrected chi connectivity index (χ2v) is 7.73. The minimum Gasteiger partial charge on any atom is -0.423 e. The molecule has 0 aliphatic heterocycles. The van der Waals surface area contributed by atoms with Crippen LogP contribution < -0.4 is 15.5 Å². The van der Waals surface area contributed by atoms with E-state index in [0.717, 1.165) is 10.0 Å². The topological polar surface area (TPSA) is 96.9 Å². The molecule has 0 atom stereocenters. The molecule has 0 bridgehead atoms. The lowest BCUT2D eigenvalue weighted by atomic mass is 10.1. The van der Waals surface area contributed by atoms with E-state index in [0.29, 0.717) is 22.4 Å². The Morgan fingerprint density at radius 3 is 2.38 bits per heavy atom. The summed E-state index contributed by atoms with van der Waals surface area (Å²) in [5.41, 5.74) is 4.93. The molecule has 3 aromatic carbocycles. The van der Waals surface area contributed by atoms with Gasteiger partial charge in [0.25, 0.3) is 11.8 Å². The van der Waals surface area contributed by atoms with Gasteiger partial charge in [0.1, 0.15) is 5.75 Å². The van der Waals surface area contributed by atoms with Crippen molar-refractivity contribution < 1.29 is 19.1 Å². The molecular weight excluding hydrogens is 474 g/mol. The van der Waals surface area contributed by atoms with Crippen LogP contribution in [0.15, 0.2) is 82.4 Å². The Hall–Kier alpha value is -3.78. The average Bonchev–Trinajstić information content (AvgIpc) is 2.79. The first-order valence-corrected chi connectivity index (χ1v) is 10.4. The van der Waals surface area contributed by atoms with Gasteiger partial charge in [-0.15, -0.1) is 0 Å². The number of hydrazone groups is 1. The van der Waals surface area contributed by atoms with Gasteiger partial charge in [-0.3, -0.25) is 9.59 Å². The van der Waals surface area contributed by atoms with Crippen molar-refractivity contribution in [2.75, 3.05) is 6.54 Å². The van der Waals surface area contributed by atoms with E-state index < -0.39 is 11.9 Å². The van der Waals surface area contributed by atoms with E-state index in [1.807, 2.05) is 13.0 Å². The van der Waals surface area contributed by atoms with Gasteiger partial charge in [0.15, 0.2) is 0 Å². The molecule has 8 heteroatoms. The summed E-state index contributed by atoms with van der Waals surface area (Å²) in [6.45, 7) is 1.69. The van der Waals surface area contributed by atoms with Crippen molar-refractivity contribution in [1.29, 1.82) is 0 Å². The predicted octanol–water partition coefficient (Wildman–Crippen LogP) is 3.86. The maximum Gasteiger partial charge on any atom is 0.343 e. The molecule has 3 aromatic rings. The number of hydrogen-bond acceptors (Lipinski definition) is 5. The van der Waals surface area contributed by atoms with Gasteiger partial charge < -0.3 is 10.1 Å². The van der Waals surface area contributed by atoms with Crippen LogP contribution in [0.4, 0.5) is 0 Å². The number of rotatable bonds is 7. The predicted molar refractivity (Wildman–Crippen MR) is 125 cm³/mol. The van der Waals surface area contributed by atoms with E-state index in [1.165, 1.54) is 6.21 Å². The zero-order valence-electron chi connectivity index (χ0n) is 17.2.